The van der Waals surface area contributed by atoms with Gasteiger partial charge in [-0.3, -0.25) is 4.79 Å². The van der Waals surface area contributed by atoms with Gasteiger partial charge in [0.1, 0.15) is 0 Å². The van der Waals surface area contributed by atoms with Crippen LogP contribution in [-0.4, -0.2) is 41.8 Å². The van der Waals surface area contributed by atoms with E-state index in [0.717, 1.165) is 18.0 Å². The SMILES string of the molecule is CNS(=O)(=O)C1CCC(Cc2cccc(-c3ncc(F)cn3)c2)(C(=O)O)CC1. The van der Waals surface area contributed by atoms with E-state index < -0.39 is 32.5 Å². The molecule has 0 spiro atoms. The molecule has 0 radical (unpaired) electrons. The van der Waals surface area contributed by atoms with Gasteiger partial charge in [0.15, 0.2) is 11.6 Å². The van der Waals surface area contributed by atoms with Gasteiger partial charge in [-0.25, -0.2) is 27.5 Å². The number of benzene rings is 1. The third-order valence-electron chi connectivity index (χ3n) is 5.41. The summed E-state index contributed by atoms with van der Waals surface area (Å²) < 4.78 is 39.4. The van der Waals surface area contributed by atoms with Gasteiger partial charge in [-0.2, -0.15) is 0 Å². The minimum Gasteiger partial charge on any atom is -0.481 e. The van der Waals surface area contributed by atoms with Gasteiger partial charge in [0.2, 0.25) is 10.0 Å². The Bertz CT molecular complexity index is 955. The highest BCUT2D eigenvalue weighted by atomic mass is 32.2. The van der Waals surface area contributed by atoms with Gasteiger partial charge in [-0.05, 0) is 50.8 Å². The molecular weight excluding hydrogens is 385 g/mol. The number of carboxylic acids is 1. The van der Waals surface area contributed by atoms with Crippen LogP contribution in [0.2, 0.25) is 0 Å². The van der Waals surface area contributed by atoms with Crippen LogP contribution in [0.5, 0.6) is 0 Å². The highest BCUT2D eigenvalue weighted by Crippen LogP contribution is 2.41. The molecule has 0 atom stereocenters. The monoisotopic (exact) mass is 407 g/mol. The first-order valence-corrected chi connectivity index (χ1v) is 10.5. The molecule has 1 aromatic heterocycles. The molecule has 7 nitrogen and oxygen atoms in total. The standard InChI is InChI=1S/C19H22FN3O4S/c1-21-28(26,27)16-5-7-19(8-6-16,18(24)25)10-13-3-2-4-14(9-13)17-22-11-15(20)12-23-17/h2-4,9,11-12,16,21H,5-8,10H2,1H3,(H,24,25). The lowest BCUT2D eigenvalue weighted by molar-refractivity contribution is -0.151. The molecular formula is C19H22FN3O4S. The number of nitrogens with one attached hydrogen (secondary N) is 1. The molecule has 2 aromatic rings. The Hall–Kier alpha value is -2.39. The quantitative estimate of drug-likeness (QED) is 0.761. The van der Waals surface area contributed by atoms with Crippen molar-refractivity contribution in [3.05, 3.63) is 48.0 Å². The first-order valence-electron chi connectivity index (χ1n) is 8.98. The average molecular weight is 407 g/mol. The van der Waals surface area contributed by atoms with Crippen LogP contribution >= 0.6 is 0 Å². The van der Waals surface area contributed by atoms with E-state index in [2.05, 4.69) is 14.7 Å². The van der Waals surface area contributed by atoms with Crippen LogP contribution in [0.1, 0.15) is 31.2 Å². The molecule has 1 saturated carbocycles. The number of halogens is 1. The molecule has 2 N–H and O–H groups in total. The van der Waals surface area contributed by atoms with E-state index in [1.165, 1.54) is 7.05 Å². The maximum Gasteiger partial charge on any atom is 0.309 e. The summed E-state index contributed by atoms with van der Waals surface area (Å²) in [6, 6.07) is 7.19. The van der Waals surface area contributed by atoms with Crippen molar-refractivity contribution < 1.29 is 22.7 Å². The number of rotatable bonds is 6. The molecule has 9 heteroatoms. The van der Waals surface area contributed by atoms with E-state index in [0.29, 0.717) is 24.2 Å². The zero-order valence-corrected chi connectivity index (χ0v) is 16.2. The van der Waals surface area contributed by atoms with E-state index in [4.69, 9.17) is 0 Å². The molecule has 1 fully saturated rings. The molecule has 0 unspecified atom stereocenters. The number of carboxylic acid groups (broad SMARTS) is 1. The summed E-state index contributed by atoms with van der Waals surface area (Å²) in [6.07, 6.45) is 3.61. The Morgan fingerprint density at radius 3 is 2.50 bits per heavy atom. The lowest BCUT2D eigenvalue weighted by Crippen LogP contribution is -2.43. The Kier molecular flexibility index (Phi) is 5.76. The van der Waals surface area contributed by atoms with E-state index in [1.807, 2.05) is 6.07 Å². The molecule has 0 aliphatic heterocycles. The van der Waals surface area contributed by atoms with Gasteiger partial charge < -0.3 is 5.11 Å². The lowest BCUT2D eigenvalue weighted by Gasteiger charge is -2.36. The maximum absolute atomic E-state index is 13.0. The molecule has 28 heavy (non-hydrogen) atoms. The van der Waals surface area contributed by atoms with Crippen molar-refractivity contribution in [2.75, 3.05) is 7.05 Å². The molecule has 1 aromatic carbocycles. The van der Waals surface area contributed by atoms with E-state index in [9.17, 15) is 22.7 Å². The Morgan fingerprint density at radius 1 is 1.29 bits per heavy atom. The number of hydrogen-bond donors (Lipinski definition) is 2. The van der Waals surface area contributed by atoms with Crippen molar-refractivity contribution in [1.82, 2.24) is 14.7 Å². The smallest absolute Gasteiger partial charge is 0.309 e. The van der Waals surface area contributed by atoms with Gasteiger partial charge >= 0.3 is 5.97 Å². The predicted octanol–water partition coefficient (Wildman–Crippen LogP) is 2.39. The van der Waals surface area contributed by atoms with Gasteiger partial charge in [-0.15, -0.1) is 0 Å². The highest BCUT2D eigenvalue weighted by Gasteiger charge is 2.44. The highest BCUT2D eigenvalue weighted by molar-refractivity contribution is 7.90. The minimum absolute atomic E-state index is 0.281. The Labute approximate surface area is 163 Å². The molecule has 1 aliphatic carbocycles. The fourth-order valence-corrected chi connectivity index (χ4v) is 4.95. The average Bonchev–Trinajstić information content (AvgIpc) is 2.69. The number of nitrogens with zero attached hydrogens (tertiary/aromatic N) is 2. The van der Waals surface area contributed by atoms with Crippen LogP contribution in [-0.2, 0) is 21.2 Å². The van der Waals surface area contributed by atoms with Crippen LogP contribution in [0.4, 0.5) is 4.39 Å². The molecule has 150 valence electrons. The summed E-state index contributed by atoms with van der Waals surface area (Å²) >= 11 is 0. The molecule has 1 heterocycles. The number of hydrogen-bond acceptors (Lipinski definition) is 5. The van der Waals surface area contributed by atoms with E-state index in [1.54, 1.807) is 18.2 Å². The van der Waals surface area contributed by atoms with Crippen molar-refractivity contribution >= 4 is 16.0 Å². The third kappa shape index (κ3) is 4.20. The zero-order valence-electron chi connectivity index (χ0n) is 15.4. The normalized spacial score (nSPS) is 22.7. The second kappa shape index (κ2) is 7.92. The van der Waals surface area contributed by atoms with Crippen LogP contribution in [0.25, 0.3) is 11.4 Å². The lowest BCUT2D eigenvalue weighted by atomic mass is 9.70. The largest absolute Gasteiger partial charge is 0.481 e. The summed E-state index contributed by atoms with van der Waals surface area (Å²) in [7, 11) is -2.03. The summed E-state index contributed by atoms with van der Waals surface area (Å²) in [5.74, 6) is -1.09. The molecule has 0 amide bonds. The summed E-state index contributed by atoms with van der Waals surface area (Å²) in [4.78, 5) is 20.0. The van der Waals surface area contributed by atoms with Crippen LogP contribution in [0.15, 0.2) is 36.7 Å². The number of sulfonamides is 1. The number of aliphatic carboxylic acids is 1. The number of aromatic nitrogens is 2. The first-order chi connectivity index (χ1) is 13.3. The Balaban J connectivity index is 1.81. The fourth-order valence-electron chi connectivity index (χ4n) is 3.76. The molecule has 1 aliphatic rings. The van der Waals surface area contributed by atoms with E-state index in [-0.39, 0.29) is 19.3 Å². The fraction of sp³-hybridized carbons (Fsp3) is 0.421. The second-order valence-corrected chi connectivity index (χ2v) is 9.30. The minimum atomic E-state index is -3.41. The maximum atomic E-state index is 13.0. The summed E-state index contributed by atoms with van der Waals surface area (Å²) in [5, 5.41) is 9.32. The van der Waals surface area contributed by atoms with Gasteiger partial charge in [0.05, 0.1) is 23.1 Å². The molecule has 0 bridgehead atoms. The predicted molar refractivity (Wildman–Crippen MR) is 101 cm³/mol. The third-order valence-corrected chi connectivity index (χ3v) is 7.33. The summed E-state index contributed by atoms with van der Waals surface area (Å²) in [6.45, 7) is 0. The topological polar surface area (TPSA) is 109 Å². The Morgan fingerprint density at radius 2 is 1.93 bits per heavy atom. The first kappa shape index (κ1) is 20.3. The van der Waals surface area contributed by atoms with Crippen molar-refractivity contribution in [3.63, 3.8) is 0 Å². The van der Waals surface area contributed by atoms with E-state index >= 15 is 0 Å². The van der Waals surface area contributed by atoms with Gasteiger partial charge in [0, 0.05) is 5.56 Å². The van der Waals surface area contributed by atoms with Crippen LogP contribution < -0.4 is 4.72 Å². The molecule has 0 saturated heterocycles. The van der Waals surface area contributed by atoms with Crippen molar-refractivity contribution in [1.29, 1.82) is 0 Å². The molecule has 3 rings (SSSR count). The van der Waals surface area contributed by atoms with Gasteiger partial charge in [-0.1, -0.05) is 18.2 Å². The zero-order chi connectivity index (χ0) is 20.4. The van der Waals surface area contributed by atoms with Gasteiger partial charge in [0.25, 0.3) is 0 Å². The van der Waals surface area contributed by atoms with Crippen molar-refractivity contribution in [2.45, 2.75) is 37.4 Å². The number of carbonyl (C=O) groups is 1. The van der Waals surface area contributed by atoms with Crippen LogP contribution in [0.3, 0.4) is 0 Å². The second-order valence-electron chi connectivity index (χ2n) is 7.14. The van der Waals surface area contributed by atoms with Crippen molar-refractivity contribution in [3.8, 4) is 11.4 Å². The summed E-state index contributed by atoms with van der Waals surface area (Å²) in [5.41, 5.74) is 0.453. The van der Waals surface area contributed by atoms with Crippen molar-refractivity contribution in [2.24, 2.45) is 5.41 Å². The van der Waals surface area contributed by atoms with Crippen LogP contribution in [0, 0.1) is 11.2 Å².